The van der Waals surface area contributed by atoms with Crippen molar-refractivity contribution in [2.24, 2.45) is 0 Å². The van der Waals surface area contributed by atoms with Crippen LogP contribution in [0.5, 0.6) is 0 Å². The maximum atomic E-state index is 5.92. The van der Waals surface area contributed by atoms with Crippen LogP contribution < -0.4 is 0 Å². The molecule has 0 saturated carbocycles. The molecule has 0 aromatic rings. The maximum absolute atomic E-state index is 5.92. The molecule has 204 valence electrons. The van der Waals surface area contributed by atoms with Gasteiger partial charge in [0, 0.05) is 59.1 Å². The highest BCUT2D eigenvalue weighted by molar-refractivity contribution is 4.65. The molecule has 1 aliphatic rings. The van der Waals surface area contributed by atoms with E-state index in [0.29, 0.717) is 0 Å². The molecule has 0 atom stereocenters. The van der Waals surface area contributed by atoms with Gasteiger partial charge in [-0.05, 0) is 85.2 Å². The van der Waals surface area contributed by atoms with E-state index in [1.807, 2.05) is 0 Å². The van der Waals surface area contributed by atoms with Crippen molar-refractivity contribution in [2.45, 2.75) is 58.8 Å². The van der Waals surface area contributed by atoms with Crippen molar-refractivity contribution >= 4 is 0 Å². The zero-order chi connectivity index (χ0) is 24.7. The second-order valence-electron chi connectivity index (χ2n) is 9.89. The molecular weight excluding hydrogens is 428 g/mol. The molecule has 0 radical (unpaired) electrons. The van der Waals surface area contributed by atoms with Crippen molar-refractivity contribution in [1.29, 1.82) is 0 Å². The summed E-state index contributed by atoms with van der Waals surface area (Å²) in [5.74, 6) is 0. The van der Waals surface area contributed by atoms with Crippen molar-refractivity contribution in [3.8, 4) is 0 Å². The Morgan fingerprint density at radius 2 is 1.00 bits per heavy atom. The van der Waals surface area contributed by atoms with Gasteiger partial charge in [-0.1, -0.05) is 13.8 Å². The summed E-state index contributed by atoms with van der Waals surface area (Å²) >= 11 is 0. The van der Waals surface area contributed by atoms with Crippen LogP contribution in [0.15, 0.2) is 0 Å². The largest absolute Gasteiger partial charge is 0.380 e. The molecule has 7 nitrogen and oxygen atoms in total. The highest BCUT2D eigenvalue weighted by Crippen LogP contribution is 2.06. The van der Waals surface area contributed by atoms with Gasteiger partial charge in [0.1, 0.15) is 0 Å². The molecule has 0 amide bonds. The Hall–Kier alpha value is -0.280. The first-order valence-corrected chi connectivity index (χ1v) is 14.2. The Kier molecular flexibility index (Phi) is 21.6. The van der Waals surface area contributed by atoms with Crippen molar-refractivity contribution in [3.05, 3.63) is 0 Å². The Morgan fingerprint density at radius 1 is 0.559 bits per heavy atom. The zero-order valence-corrected chi connectivity index (χ0v) is 23.3. The van der Waals surface area contributed by atoms with Gasteiger partial charge < -0.3 is 33.8 Å². The van der Waals surface area contributed by atoms with E-state index >= 15 is 0 Å². The lowest BCUT2D eigenvalue weighted by atomic mass is 10.3. The third-order valence-corrected chi connectivity index (χ3v) is 6.48. The van der Waals surface area contributed by atoms with Crippen LogP contribution in [0, 0.1) is 0 Å². The van der Waals surface area contributed by atoms with Crippen LogP contribution in [0.25, 0.3) is 0 Å². The van der Waals surface area contributed by atoms with Crippen molar-refractivity contribution in [1.82, 2.24) is 19.6 Å². The van der Waals surface area contributed by atoms with Gasteiger partial charge in [0.15, 0.2) is 0 Å². The van der Waals surface area contributed by atoms with Gasteiger partial charge in [-0.25, -0.2) is 0 Å². The van der Waals surface area contributed by atoms with Crippen LogP contribution in [0.3, 0.4) is 0 Å². The molecule has 0 aliphatic carbocycles. The molecule has 1 saturated heterocycles. The minimum absolute atomic E-state index is 0.835. The molecule has 1 heterocycles. The fourth-order valence-electron chi connectivity index (χ4n) is 4.44. The standard InChI is InChI=1S/C27H58N4O3/c1-5-12-28(3)19-25-32-22-9-16-30(17-10-23-33-26-20-29(4)13-6-2)18-11-24-34-27-21-31-14-7-8-15-31/h5-27H2,1-4H3. The van der Waals surface area contributed by atoms with E-state index < -0.39 is 0 Å². The molecule has 0 aromatic heterocycles. The SMILES string of the molecule is CCCN(C)CCOCCCN(CCCOCCN(C)CCC)CCCOCCN1CCCC1. The predicted octanol–water partition coefficient (Wildman–Crippen LogP) is 3.29. The molecule has 34 heavy (non-hydrogen) atoms. The van der Waals surface area contributed by atoms with E-state index in [4.69, 9.17) is 14.2 Å². The normalized spacial score (nSPS) is 14.9. The van der Waals surface area contributed by atoms with E-state index in [1.165, 1.54) is 38.8 Å². The lowest BCUT2D eigenvalue weighted by molar-refractivity contribution is 0.0827. The highest BCUT2D eigenvalue weighted by Gasteiger charge is 2.10. The maximum Gasteiger partial charge on any atom is 0.0593 e. The van der Waals surface area contributed by atoms with Gasteiger partial charge in [0.05, 0.1) is 19.8 Å². The molecular formula is C27H58N4O3. The van der Waals surface area contributed by atoms with Crippen LogP contribution >= 0.6 is 0 Å². The second kappa shape index (κ2) is 23.1. The van der Waals surface area contributed by atoms with E-state index in [-0.39, 0.29) is 0 Å². The number of likely N-dealkylation sites (tertiary alicyclic amines) is 1. The molecule has 1 fully saturated rings. The van der Waals surface area contributed by atoms with Gasteiger partial charge in [-0.2, -0.15) is 0 Å². The van der Waals surface area contributed by atoms with Gasteiger partial charge in [0.2, 0.25) is 0 Å². The number of hydrogen-bond donors (Lipinski definition) is 0. The zero-order valence-electron chi connectivity index (χ0n) is 23.3. The first-order valence-electron chi connectivity index (χ1n) is 14.2. The molecule has 0 aromatic carbocycles. The Morgan fingerprint density at radius 3 is 1.44 bits per heavy atom. The summed E-state index contributed by atoms with van der Waals surface area (Å²) < 4.78 is 17.7. The minimum atomic E-state index is 0.835. The number of nitrogens with zero attached hydrogens (tertiary/aromatic N) is 4. The number of rotatable bonds is 25. The molecule has 0 unspecified atom stereocenters. The monoisotopic (exact) mass is 486 g/mol. The molecule has 1 aliphatic heterocycles. The summed E-state index contributed by atoms with van der Waals surface area (Å²) in [6.45, 7) is 20.8. The quantitative estimate of drug-likeness (QED) is 0.183. The Balaban J connectivity index is 2.14. The summed E-state index contributed by atoms with van der Waals surface area (Å²) in [6.07, 6.45) is 8.40. The minimum Gasteiger partial charge on any atom is -0.380 e. The second-order valence-corrected chi connectivity index (χ2v) is 9.89. The lowest BCUT2D eigenvalue weighted by Crippen LogP contribution is -2.30. The van der Waals surface area contributed by atoms with Crippen molar-refractivity contribution in [3.63, 3.8) is 0 Å². The summed E-state index contributed by atoms with van der Waals surface area (Å²) in [4.78, 5) is 9.78. The first kappa shape index (κ1) is 31.7. The predicted molar refractivity (Wildman–Crippen MR) is 144 cm³/mol. The van der Waals surface area contributed by atoms with Crippen molar-refractivity contribution in [2.75, 3.05) is 119 Å². The first-order chi connectivity index (χ1) is 16.7. The Bertz CT molecular complexity index is 401. The average molecular weight is 487 g/mol. The molecule has 7 heteroatoms. The molecule has 0 spiro atoms. The summed E-state index contributed by atoms with van der Waals surface area (Å²) in [5.41, 5.74) is 0. The summed E-state index contributed by atoms with van der Waals surface area (Å²) in [6, 6.07) is 0. The fraction of sp³-hybridized carbons (Fsp3) is 1.00. The average Bonchev–Trinajstić information content (AvgIpc) is 3.34. The van der Waals surface area contributed by atoms with Crippen LogP contribution in [0.1, 0.15) is 58.8 Å². The van der Waals surface area contributed by atoms with Crippen LogP contribution in [0.4, 0.5) is 0 Å². The van der Waals surface area contributed by atoms with E-state index in [2.05, 4.69) is 47.5 Å². The molecule has 0 N–H and O–H groups in total. The highest BCUT2D eigenvalue weighted by atomic mass is 16.5. The van der Waals surface area contributed by atoms with Crippen molar-refractivity contribution < 1.29 is 14.2 Å². The number of hydrogen-bond acceptors (Lipinski definition) is 7. The molecule has 0 bridgehead atoms. The third-order valence-electron chi connectivity index (χ3n) is 6.48. The number of likely N-dealkylation sites (N-methyl/N-ethyl adjacent to an activating group) is 2. The number of ether oxygens (including phenoxy) is 3. The third kappa shape index (κ3) is 19.0. The topological polar surface area (TPSA) is 40.6 Å². The van der Waals surface area contributed by atoms with E-state index in [0.717, 1.165) is 111 Å². The van der Waals surface area contributed by atoms with Gasteiger partial charge in [-0.3, -0.25) is 0 Å². The lowest BCUT2D eigenvalue weighted by Gasteiger charge is -2.23. The van der Waals surface area contributed by atoms with Gasteiger partial charge in [0.25, 0.3) is 0 Å². The van der Waals surface area contributed by atoms with E-state index in [9.17, 15) is 0 Å². The van der Waals surface area contributed by atoms with Crippen LogP contribution in [0.2, 0.25) is 0 Å². The van der Waals surface area contributed by atoms with Gasteiger partial charge >= 0.3 is 0 Å². The van der Waals surface area contributed by atoms with Gasteiger partial charge in [-0.15, -0.1) is 0 Å². The van der Waals surface area contributed by atoms with E-state index in [1.54, 1.807) is 0 Å². The summed E-state index contributed by atoms with van der Waals surface area (Å²) in [7, 11) is 4.34. The fourth-order valence-corrected chi connectivity index (χ4v) is 4.44. The molecule has 1 rings (SSSR count). The smallest absolute Gasteiger partial charge is 0.0593 e. The Labute approximate surface area is 212 Å². The van der Waals surface area contributed by atoms with Crippen LogP contribution in [-0.2, 0) is 14.2 Å². The van der Waals surface area contributed by atoms with Crippen LogP contribution in [-0.4, -0.2) is 139 Å². The summed E-state index contributed by atoms with van der Waals surface area (Å²) in [5, 5.41) is 0.